The number of likely N-dealkylation sites (tertiary alicyclic amines) is 1. The van der Waals surface area contributed by atoms with Crippen LogP contribution in [0.3, 0.4) is 0 Å². The number of carbonyl (C=O) groups excluding carboxylic acids is 2. The minimum absolute atomic E-state index is 0.0481. The summed E-state index contributed by atoms with van der Waals surface area (Å²) in [4.78, 5) is 25.1. The standard InChI is InChI=1S/C15H18F2N2O3/c1-2-22-15(21)18-11-5-7-19(8-6-11)14(20)10-3-4-12(16)13(17)9-10/h3-4,9,11H,2,5-8H2,1H3,(H,18,21). The number of carbonyl (C=O) groups is 2. The summed E-state index contributed by atoms with van der Waals surface area (Å²) < 4.78 is 30.9. The fourth-order valence-electron chi connectivity index (χ4n) is 2.38. The Morgan fingerprint density at radius 2 is 1.95 bits per heavy atom. The summed E-state index contributed by atoms with van der Waals surface area (Å²) in [6.07, 6.45) is 0.718. The van der Waals surface area contributed by atoms with Crippen LogP contribution in [0.4, 0.5) is 13.6 Å². The average molecular weight is 312 g/mol. The number of nitrogens with one attached hydrogen (secondary N) is 1. The minimum Gasteiger partial charge on any atom is -0.450 e. The fraction of sp³-hybridized carbons (Fsp3) is 0.467. The van der Waals surface area contributed by atoms with Gasteiger partial charge in [0, 0.05) is 24.7 Å². The van der Waals surface area contributed by atoms with Crippen LogP contribution in [-0.4, -0.2) is 42.6 Å². The quantitative estimate of drug-likeness (QED) is 0.932. The number of halogens is 2. The summed E-state index contributed by atoms with van der Waals surface area (Å²) in [6, 6.07) is 3.06. The molecule has 120 valence electrons. The van der Waals surface area contributed by atoms with Crippen LogP contribution in [0.5, 0.6) is 0 Å². The van der Waals surface area contributed by atoms with Crippen molar-refractivity contribution in [3.8, 4) is 0 Å². The van der Waals surface area contributed by atoms with Crippen LogP contribution >= 0.6 is 0 Å². The molecule has 2 rings (SSSR count). The summed E-state index contributed by atoms with van der Waals surface area (Å²) in [7, 11) is 0. The largest absolute Gasteiger partial charge is 0.450 e. The molecule has 1 aromatic rings. The van der Waals surface area contributed by atoms with Gasteiger partial charge in [0.2, 0.25) is 0 Å². The van der Waals surface area contributed by atoms with Gasteiger partial charge in [0.1, 0.15) is 0 Å². The van der Waals surface area contributed by atoms with E-state index in [1.165, 1.54) is 6.07 Å². The molecule has 1 aromatic carbocycles. The molecule has 1 heterocycles. The summed E-state index contributed by atoms with van der Waals surface area (Å²) in [5, 5.41) is 2.73. The fourth-order valence-corrected chi connectivity index (χ4v) is 2.38. The van der Waals surface area contributed by atoms with E-state index in [1.807, 2.05) is 0 Å². The third-order valence-corrected chi connectivity index (χ3v) is 3.55. The van der Waals surface area contributed by atoms with Gasteiger partial charge in [0.05, 0.1) is 6.61 Å². The molecule has 0 radical (unpaired) electrons. The molecule has 0 bridgehead atoms. The summed E-state index contributed by atoms with van der Waals surface area (Å²) >= 11 is 0. The monoisotopic (exact) mass is 312 g/mol. The number of piperidine rings is 1. The molecular weight excluding hydrogens is 294 g/mol. The molecule has 1 saturated heterocycles. The van der Waals surface area contributed by atoms with Crippen molar-refractivity contribution in [3.05, 3.63) is 35.4 Å². The van der Waals surface area contributed by atoms with E-state index in [0.29, 0.717) is 32.5 Å². The SMILES string of the molecule is CCOC(=O)NC1CCN(C(=O)c2ccc(F)c(F)c2)CC1. The maximum Gasteiger partial charge on any atom is 0.407 e. The maximum atomic E-state index is 13.2. The van der Waals surface area contributed by atoms with E-state index in [9.17, 15) is 18.4 Å². The lowest BCUT2D eigenvalue weighted by Gasteiger charge is -2.32. The third-order valence-electron chi connectivity index (χ3n) is 3.55. The molecule has 1 N–H and O–H groups in total. The van der Waals surface area contributed by atoms with Gasteiger partial charge in [-0.25, -0.2) is 13.6 Å². The van der Waals surface area contributed by atoms with Crippen molar-refractivity contribution < 1.29 is 23.1 Å². The predicted octanol–water partition coefficient (Wildman–Crippen LogP) is 2.32. The number of hydrogen-bond donors (Lipinski definition) is 1. The smallest absolute Gasteiger partial charge is 0.407 e. The second kappa shape index (κ2) is 7.20. The first-order valence-corrected chi connectivity index (χ1v) is 7.19. The molecule has 2 amide bonds. The Hall–Kier alpha value is -2.18. The Balaban J connectivity index is 1.89. The van der Waals surface area contributed by atoms with Crippen LogP contribution < -0.4 is 5.32 Å². The maximum absolute atomic E-state index is 13.2. The van der Waals surface area contributed by atoms with Gasteiger partial charge in [0.25, 0.3) is 5.91 Å². The zero-order valence-electron chi connectivity index (χ0n) is 12.3. The summed E-state index contributed by atoms with van der Waals surface area (Å²) in [6.45, 7) is 2.91. The number of amides is 2. The number of rotatable bonds is 3. The van der Waals surface area contributed by atoms with Crippen molar-refractivity contribution in [1.82, 2.24) is 10.2 Å². The van der Waals surface area contributed by atoms with Gasteiger partial charge in [0.15, 0.2) is 11.6 Å². The molecule has 1 fully saturated rings. The van der Waals surface area contributed by atoms with E-state index in [1.54, 1.807) is 11.8 Å². The first-order chi connectivity index (χ1) is 10.5. The number of nitrogens with zero attached hydrogens (tertiary/aromatic N) is 1. The molecule has 0 unspecified atom stereocenters. The van der Waals surface area contributed by atoms with Gasteiger partial charge in [-0.15, -0.1) is 0 Å². The van der Waals surface area contributed by atoms with Crippen molar-refractivity contribution in [3.63, 3.8) is 0 Å². The molecular formula is C15H18F2N2O3. The van der Waals surface area contributed by atoms with Crippen LogP contribution in [-0.2, 0) is 4.74 Å². The zero-order valence-corrected chi connectivity index (χ0v) is 12.3. The van der Waals surface area contributed by atoms with Crippen LogP contribution in [0, 0.1) is 11.6 Å². The second-order valence-electron chi connectivity index (χ2n) is 5.06. The van der Waals surface area contributed by atoms with Gasteiger partial charge >= 0.3 is 6.09 Å². The van der Waals surface area contributed by atoms with Crippen LogP contribution in [0.15, 0.2) is 18.2 Å². The van der Waals surface area contributed by atoms with Crippen molar-refractivity contribution >= 4 is 12.0 Å². The Morgan fingerprint density at radius 1 is 1.27 bits per heavy atom. The highest BCUT2D eigenvalue weighted by molar-refractivity contribution is 5.94. The molecule has 1 aliphatic heterocycles. The highest BCUT2D eigenvalue weighted by Crippen LogP contribution is 2.16. The predicted molar refractivity (Wildman–Crippen MR) is 75.4 cm³/mol. The van der Waals surface area contributed by atoms with E-state index in [4.69, 9.17) is 4.74 Å². The molecule has 1 aliphatic rings. The molecule has 22 heavy (non-hydrogen) atoms. The van der Waals surface area contributed by atoms with E-state index < -0.39 is 17.7 Å². The van der Waals surface area contributed by atoms with E-state index in [-0.39, 0.29) is 17.5 Å². The molecule has 0 saturated carbocycles. The molecule has 7 heteroatoms. The molecule has 0 spiro atoms. The Bertz CT molecular complexity index is 558. The zero-order chi connectivity index (χ0) is 16.1. The first kappa shape index (κ1) is 16.2. The molecule has 5 nitrogen and oxygen atoms in total. The molecule has 0 aromatic heterocycles. The lowest BCUT2D eigenvalue weighted by molar-refractivity contribution is 0.0702. The van der Waals surface area contributed by atoms with E-state index in [0.717, 1.165) is 12.1 Å². The van der Waals surface area contributed by atoms with Crippen molar-refractivity contribution in [2.24, 2.45) is 0 Å². The average Bonchev–Trinajstić information content (AvgIpc) is 2.50. The van der Waals surface area contributed by atoms with Gasteiger partial charge in [-0.05, 0) is 38.0 Å². The van der Waals surface area contributed by atoms with Gasteiger partial charge < -0.3 is 15.0 Å². The van der Waals surface area contributed by atoms with Crippen molar-refractivity contribution in [2.45, 2.75) is 25.8 Å². The Kier molecular flexibility index (Phi) is 5.30. The number of benzene rings is 1. The van der Waals surface area contributed by atoms with E-state index in [2.05, 4.69) is 5.32 Å². The Labute approximate surface area is 127 Å². The van der Waals surface area contributed by atoms with Crippen LogP contribution in [0.1, 0.15) is 30.1 Å². The number of hydrogen-bond acceptors (Lipinski definition) is 3. The van der Waals surface area contributed by atoms with Crippen LogP contribution in [0.2, 0.25) is 0 Å². The lowest BCUT2D eigenvalue weighted by atomic mass is 10.0. The van der Waals surface area contributed by atoms with Gasteiger partial charge in [-0.3, -0.25) is 4.79 Å². The highest BCUT2D eigenvalue weighted by Gasteiger charge is 2.25. The van der Waals surface area contributed by atoms with E-state index >= 15 is 0 Å². The van der Waals surface area contributed by atoms with Crippen molar-refractivity contribution in [1.29, 1.82) is 0 Å². The first-order valence-electron chi connectivity index (χ1n) is 7.19. The van der Waals surface area contributed by atoms with Crippen molar-refractivity contribution in [2.75, 3.05) is 19.7 Å². The number of alkyl carbamates (subject to hydrolysis) is 1. The van der Waals surface area contributed by atoms with Gasteiger partial charge in [-0.2, -0.15) is 0 Å². The lowest BCUT2D eigenvalue weighted by Crippen LogP contribution is -2.46. The topological polar surface area (TPSA) is 58.6 Å². The second-order valence-corrected chi connectivity index (χ2v) is 5.06. The normalized spacial score (nSPS) is 15.5. The minimum atomic E-state index is -1.04. The molecule has 0 aliphatic carbocycles. The third kappa shape index (κ3) is 3.93. The van der Waals surface area contributed by atoms with Gasteiger partial charge in [-0.1, -0.05) is 0 Å². The number of ether oxygens (including phenoxy) is 1. The molecule has 0 atom stereocenters. The highest BCUT2D eigenvalue weighted by atomic mass is 19.2. The van der Waals surface area contributed by atoms with Crippen LogP contribution in [0.25, 0.3) is 0 Å². The summed E-state index contributed by atoms with van der Waals surface area (Å²) in [5.41, 5.74) is 0.121. The summed E-state index contributed by atoms with van der Waals surface area (Å²) in [5.74, 6) is -2.35. The Morgan fingerprint density at radius 3 is 2.55 bits per heavy atom.